The molecular formula is C22H31N3O3S. The zero-order valence-corrected chi connectivity index (χ0v) is 18.4. The smallest absolute Gasteiger partial charge is 0.173 e. The number of thiocarbonyl (C=S) groups is 1. The molecule has 0 amide bonds. The van der Waals surface area contributed by atoms with Gasteiger partial charge in [0.2, 0.25) is 0 Å². The van der Waals surface area contributed by atoms with Gasteiger partial charge in [0.25, 0.3) is 0 Å². The van der Waals surface area contributed by atoms with Gasteiger partial charge in [-0.1, -0.05) is 6.07 Å². The summed E-state index contributed by atoms with van der Waals surface area (Å²) >= 11 is 5.74. The van der Waals surface area contributed by atoms with Gasteiger partial charge < -0.3 is 24.1 Å². The third kappa shape index (κ3) is 6.45. The summed E-state index contributed by atoms with van der Waals surface area (Å²) < 4.78 is 16.7. The van der Waals surface area contributed by atoms with Crippen LogP contribution < -0.4 is 10.1 Å². The average Bonchev–Trinajstić information content (AvgIpc) is 3.14. The van der Waals surface area contributed by atoms with Crippen LogP contribution in [-0.2, 0) is 11.3 Å². The molecule has 0 aliphatic carbocycles. The lowest BCUT2D eigenvalue weighted by Crippen LogP contribution is -2.39. The van der Waals surface area contributed by atoms with Gasteiger partial charge in [-0.25, -0.2) is 0 Å². The van der Waals surface area contributed by atoms with Gasteiger partial charge in [0, 0.05) is 37.9 Å². The minimum atomic E-state index is 0.645. The van der Waals surface area contributed by atoms with E-state index in [4.69, 9.17) is 26.1 Å². The maximum absolute atomic E-state index is 5.79. The number of morpholine rings is 1. The predicted octanol–water partition coefficient (Wildman–Crippen LogP) is 3.83. The summed E-state index contributed by atoms with van der Waals surface area (Å²) in [5.41, 5.74) is 2.02. The molecule has 2 heterocycles. The first-order chi connectivity index (χ1) is 14.0. The molecule has 0 bridgehead atoms. The van der Waals surface area contributed by atoms with Crippen molar-refractivity contribution >= 4 is 23.0 Å². The number of nitrogens with one attached hydrogen (secondary N) is 1. The van der Waals surface area contributed by atoms with Gasteiger partial charge in [-0.2, -0.15) is 0 Å². The fraction of sp³-hybridized carbons (Fsp3) is 0.500. The van der Waals surface area contributed by atoms with Crippen molar-refractivity contribution in [2.75, 3.05) is 51.8 Å². The van der Waals surface area contributed by atoms with E-state index in [-0.39, 0.29) is 0 Å². The fourth-order valence-corrected chi connectivity index (χ4v) is 3.69. The molecule has 0 saturated carbocycles. The number of nitrogens with zero attached hydrogens (tertiary/aromatic N) is 2. The maximum atomic E-state index is 5.79. The SMILES string of the molecule is COc1cc(NC(=S)N(CCCN2CCOCC2)Cc2ccc(C)o2)ccc1C. The summed E-state index contributed by atoms with van der Waals surface area (Å²) in [6, 6.07) is 10.0. The summed E-state index contributed by atoms with van der Waals surface area (Å²) in [7, 11) is 1.68. The molecule has 0 atom stereocenters. The third-order valence-corrected chi connectivity index (χ3v) is 5.46. The Labute approximate surface area is 178 Å². The summed E-state index contributed by atoms with van der Waals surface area (Å²) in [6.07, 6.45) is 1.03. The van der Waals surface area contributed by atoms with Crippen LogP contribution in [0.3, 0.4) is 0 Å². The van der Waals surface area contributed by atoms with Crippen LogP contribution in [-0.4, -0.2) is 61.4 Å². The first-order valence-electron chi connectivity index (χ1n) is 10.1. The Morgan fingerprint density at radius 1 is 1.21 bits per heavy atom. The maximum Gasteiger partial charge on any atom is 0.173 e. The molecule has 29 heavy (non-hydrogen) atoms. The van der Waals surface area contributed by atoms with Crippen molar-refractivity contribution < 1.29 is 13.9 Å². The number of ether oxygens (including phenoxy) is 2. The molecule has 1 saturated heterocycles. The molecule has 0 radical (unpaired) electrons. The number of benzene rings is 1. The molecular weight excluding hydrogens is 386 g/mol. The molecule has 1 fully saturated rings. The van der Waals surface area contributed by atoms with Crippen molar-refractivity contribution in [2.24, 2.45) is 0 Å². The Kier molecular flexibility index (Phi) is 7.91. The highest BCUT2D eigenvalue weighted by Gasteiger charge is 2.15. The Morgan fingerprint density at radius 2 is 2.00 bits per heavy atom. The molecule has 1 aromatic heterocycles. The van der Waals surface area contributed by atoms with Gasteiger partial charge in [-0.3, -0.25) is 4.90 Å². The van der Waals surface area contributed by atoms with Crippen LogP contribution in [0, 0.1) is 13.8 Å². The van der Waals surface area contributed by atoms with E-state index in [0.717, 1.165) is 74.3 Å². The molecule has 2 aromatic rings. The first-order valence-corrected chi connectivity index (χ1v) is 10.5. The van der Waals surface area contributed by atoms with E-state index in [1.54, 1.807) is 7.11 Å². The lowest BCUT2D eigenvalue weighted by atomic mass is 10.2. The molecule has 3 rings (SSSR count). The second kappa shape index (κ2) is 10.6. The van der Waals surface area contributed by atoms with Gasteiger partial charge >= 0.3 is 0 Å². The lowest BCUT2D eigenvalue weighted by molar-refractivity contribution is 0.0367. The van der Waals surface area contributed by atoms with Crippen LogP contribution >= 0.6 is 12.2 Å². The van der Waals surface area contributed by atoms with E-state index >= 15 is 0 Å². The van der Waals surface area contributed by atoms with Crippen LogP contribution in [0.15, 0.2) is 34.7 Å². The number of anilines is 1. The molecule has 0 spiro atoms. The topological polar surface area (TPSA) is 50.1 Å². The number of hydrogen-bond acceptors (Lipinski definition) is 5. The predicted molar refractivity (Wildman–Crippen MR) is 120 cm³/mol. The van der Waals surface area contributed by atoms with Gasteiger partial charge in [-0.15, -0.1) is 0 Å². The van der Waals surface area contributed by atoms with E-state index in [0.29, 0.717) is 11.7 Å². The highest BCUT2D eigenvalue weighted by Crippen LogP contribution is 2.22. The zero-order valence-electron chi connectivity index (χ0n) is 17.6. The minimum Gasteiger partial charge on any atom is -0.496 e. The first kappa shape index (κ1) is 21.6. The van der Waals surface area contributed by atoms with E-state index in [1.165, 1.54) is 0 Å². The molecule has 6 nitrogen and oxygen atoms in total. The van der Waals surface area contributed by atoms with Gasteiger partial charge in [0.1, 0.15) is 17.3 Å². The number of hydrogen-bond donors (Lipinski definition) is 1. The summed E-state index contributed by atoms with van der Waals surface area (Å²) in [4.78, 5) is 4.61. The van der Waals surface area contributed by atoms with E-state index in [9.17, 15) is 0 Å². The van der Waals surface area contributed by atoms with Crippen LogP contribution in [0.2, 0.25) is 0 Å². The molecule has 0 unspecified atom stereocenters. The monoisotopic (exact) mass is 417 g/mol. The van der Waals surface area contributed by atoms with Crippen LogP contribution in [0.25, 0.3) is 0 Å². The molecule has 1 aromatic carbocycles. The minimum absolute atomic E-state index is 0.645. The molecule has 158 valence electrons. The molecule has 1 aliphatic rings. The summed E-state index contributed by atoms with van der Waals surface area (Å²) in [5, 5.41) is 4.05. The highest BCUT2D eigenvalue weighted by atomic mass is 32.1. The Bertz CT molecular complexity index is 802. The van der Waals surface area contributed by atoms with E-state index in [2.05, 4.69) is 15.1 Å². The van der Waals surface area contributed by atoms with Crippen LogP contribution in [0.4, 0.5) is 5.69 Å². The van der Waals surface area contributed by atoms with Crippen molar-refractivity contribution in [3.8, 4) is 5.75 Å². The largest absolute Gasteiger partial charge is 0.496 e. The van der Waals surface area contributed by atoms with Crippen LogP contribution in [0.1, 0.15) is 23.5 Å². The molecule has 1 N–H and O–H groups in total. The number of rotatable bonds is 8. The van der Waals surface area contributed by atoms with Gasteiger partial charge in [0.05, 0.1) is 26.9 Å². The van der Waals surface area contributed by atoms with Crippen molar-refractivity contribution in [2.45, 2.75) is 26.8 Å². The average molecular weight is 418 g/mol. The normalized spacial score (nSPS) is 14.6. The Morgan fingerprint density at radius 3 is 2.69 bits per heavy atom. The Balaban J connectivity index is 1.63. The molecule has 7 heteroatoms. The number of aryl methyl sites for hydroxylation is 2. The zero-order chi connectivity index (χ0) is 20.6. The summed E-state index contributed by atoms with van der Waals surface area (Å²) in [5.74, 6) is 2.67. The third-order valence-electron chi connectivity index (χ3n) is 5.10. The van der Waals surface area contributed by atoms with E-state index in [1.807, 2.05) is 44.2 Å². The van der Waals surface area contributed by atoms with E-state index < -0.39 is 0 Å². The lowest BCUT2D eigenvalue weighted by Gasteiger charge is -2.29. The molecule has 1 aliphatic heterocycles. The van der Waals surface area contributed by atoms with Gasteiger partial charge in [0.15, 0.2) is 5.11 Å². The summed E-state index contributed by atoms with van der Waals surface area (Å²) in [6.45, 7) is 10.2. The quantitative estimate of drug-likeness (QED) is 0.655. The van der Waals surface area contributed by atoms with Gasteiger partial charge in [-0.05, 0) is 56.2 Å². The standard InChI is InChI=1S/C22H31N3O3S/c1-17-5-7-19(15-21(17)26-3)23-22(29)25(16-20-8-6-18(2)28-20)10-4-9-24-11-13-27-14-12-24/h5-8,15H,4,9-14,16H2,1-3H3,(H,23,29). The fourth-order valence-electron chi connectivity index (χ4n) is 3.42. The number of methoxy groups -OCH3 is 1. The second-order valence-corrected chi connectivity index (χ2v) is 7.74. The number of furan rings is 1. The van der Waals surface area contributed by atoms with Crippen molar-refractivity contribution in [3.05, 3.63) is 47.4 Å². The Hall–Kier alpha value is -2.09. The van der Waals surface area contributed by atoms with Crippen LogP contribution in [0.5, 0.6) is 5.75 Å². The van der Waals surface area contributed by atoms with Crippen molar-refractivity contribution in [1.82, 2.24) is 9.80 Å². The second-order valence-electron chi connectivity index (χ2n) is 7.36. The highest BCUT2D eigenvalue weighted by molar-refractivity contribution is 7.80. The van der Waals surface area contributed by atoms with Crippen molar-refractivity contribution in [1.29, 1.82) is 0 Å². The van der Waals surface area contributed by atoms with Crippen molar-refractivity contribution in [3.63, 3.8) is 0 Å².